The van der Waals surface area contributed by atoms with E-state index in [1.54, 1.807) is 0 Å². The van der Waals surface area contributed by atoms with Crippen molar-refractivity contribution in [2.24, 2.45) is 11.7 Å². The molecule has 1 atom stereocenters. The van der Waals surface area contributed by atoms with E-state index in [9.17, 15) is 4.79 Å². The first-order valence-corrected chi connectivity index (χ1v) is 8.74. The number of carbonyl (C=O) groups is 1. The van der Waals surface area contributed by atoms with Crippen LogP contribution >= 0.6 is 24.8 Å². The molecule has 3 N–H and O–H groups in total. The summed E-state index contributed by atoms with van der Waals surface area (Å²) < 4.78 is 0. The standard InChI is InChI=1S/C17H35N3O.2ClH/c1-5-20(6-2)15(12-14(3)4)13-19-16(21)17(18)10-8-7-9-11-17;;/h14-15H,5-13,18H2,1-4H3,(H,19,21);2*1H. The third-order valence-electron chi connectivity index (χ3n) is 4.77. The van der Waals surface area contributed by atoms with Crippen molar-refractivity contribution in [3.63, 3.8) is 0 Å². The molecule has 140 valence electrons. The normalized spacial score (nSPS) is 18.0. The van der Waals surface area contributed by atoms with E-state index < -0.39 is 5.54 Å². The molecule has 0 saturated heterocycles. The number of amides is 1. The first kappa shape index (κ1) is 25.2. The Labute approximate surface area is 155 Å². The van der Waals surface area contributed by atoms with Crippen LogP contribution in [0.2, 0.25) is 0 Å². The molecule has 1 amide bonds. The van der Waals surface area contributed by atoms with Gasteiger partial charge in [-0.2, -0.15) is 0 Å². The van der Waals surface area contributed by atoms with Gasteiger partial charge in [0.05, 0.1) is 5.54 Å². The van der Waals surface area contributed by atoms with Crippen molar-refractivity contribution in [1.29, 1.82) is 0 Å². The van der Waals surface area contributed by atoms with Crippen molar-refractivity contribution in [3.05, 3.63) is 0 Å². The van der Waals surface area contributed by atoms with Gasteiger partial charge in [-0.1, -0.05) is 47.0 Å². The molecule has 1 saturated carbocycles. The van der Waals surface area contributed by atoms with Crippen LogP contribution in [0.25, 0.3) is 0 Å². The van der Waals surface area contributed by atoms with Crippen LogP contribution in [0.15, 0.2) is 0 Å². The van der Waals surface area contributed by atoms with Gasteiger partial charge in [0.2, 0.25) is 5.91 Å². The Morgan fingerprint density at radius 2 is 1.65 bits per heavy atom. The molecule has 6 heteroatoms. The predicted octanol–water partition coefficient (Wildman–Crippen LogP) is 3.36. The molecule has 23 heavy (non-hydrogen) atoms. The van der Waals surface area contributed by atoms with Gasteiger partial charge < -0.3 is 11.1 Å². The van der Waals surface area contributed by atoms with E-state index in [-0.39, 0.29) is 30.7 Å². The highest BCUT2D eigenvalue weighted by atomic mass is 35.5. The number of nitrogens with zero attached hydrogens (tertiary/aromatic N) is 1. The highest BCUT2D eigenvalue weighted by molar-refractivity contribution is 5.86. The maximum absolute atomic E-state index is 12.5. The number of rotatable bonds is 8. The largest absolute Gasteiger partial charge is 0.353 e. The Bertz CT molecular complexity index is 317. The third-order valence-corrected chi connectivity index (χ3v) is 4.77. The van der Waals surface area contributed by atoms with E-state index >= 15 is 0 Å². The summed E-state index contributed by atoms with van der Waals surface area (Å²) in [4.78, 5) is 14.9. The summed E-state index contributed by atoms with van der Waals surface area (Å²) in [7, 11) is 0. The highest BCUT2D eigenvalue weighted by Crippen LogP contribution is 2.26. The molecule has 0 heterocycles. The zero-order valence-electron chi connectivity index (χ0n) is 15.3. The monoisotopic (exact) mass is 369 g/mol. The summed E-state index contributed by atoms with van der Waals surface area (Å²) in [6.45, 7) is 11.6. The minimum absolute atomic E-state index is 0. The molecule has 1 aliphatic rings. The number of nitrogens with one attached hydrogen (secondary N) is 1. The molecular formula is C17H37Cl2N3O. The molecule has 0 aromatic heterocycles. The first-order chi connectivity index (χ1) is 9.92. The zero-order chi connectivity index (χ0) is 15.9. The van der Waals surface area contributed by atoms with Crippen LogP contribution in [-0.4, -0.2) is 42.0 Å². The van der Waals surface area contributed by atoms with Crippen LogP contribution in [0, 0.1) is 5.92 Å². The molecular weight excluding hydrogens is 333 g/mol. The van der Waals surface area contributed by atoms with Gasteiger partial charge in [0.15, 0.2) is 0 Å². The maximum Gasteiger partial charge on any atom is 0.240 e. The fourth-order valence-electron chi connectivity index (χ4n) is 3.44. The van der Waals surface area contributed by atoms with Crippen LogP contribution in [0.5, 0.6) is 0 Å². The number of carbonyl (C=O) groups excluding carboxylic acids is 1. The Morgan fingerprint density at radius 1 is 1.13 bits per heavy atom. The van der Waals surface area contributed by atoms with Crippen molar-refractivity contribution < 1.29 is 4.79 Å². The number of likely N-dealkylation sites (N-methyl/N-ethyl adjacent to an activating group) is 1. The van der Waals surface area contributed by atoms with Gasteiger partial charge >= 0.3 is 0 Å². The molecule has 4 nitrogen and oxygen atoms in total. The molecule has 0 aliphatic heterocycles. The molecule has 0 aromatic rings. The van der Waals surface area contributed by atoms with Gasteiger partial charge in [-0.3, -0.25) is 9.69 Å². The molecule has 1 aliphatic carbocycles. The summed E-state index contributed by atoms with van der Waals surface area (Å²) in [6, 6.07) is 0.413. The van der Waals surface area contributed by atoms with Crippen molar-refractivity contribution in [3.8, 4) is 0 Å². The maximum atomic E-state index is 12.5. The number of nitrogens with two attached hydrogens (primary N) is 1. The van der Waals surface area contributed by atoms with E-state index in [0.717, 1.165) is 51.7 Å². The highest BCUT2D eigenvalue weighted by Gasteiger charge is 2.35. The van der Waals surface area contributed by atoms with Gasteiger partial charge in [-0.25, -0.2) is 0 Å². The van der Waals surface area contributed by atoms with E-state index in [2.05, 4.69) is 37.9 Å². The topological polar surface area (TPSA) is 58.4 Å². The van der Waals surface area contributed by atoms with Crippen LogP contribution < -0.4 is 11.1 Å². The predicted molar refractivity (Wildman–Crippen MR) is 104 cm³/mol. The summed E-state index contributed by atoms with van der Waals surface area (Å²) in [6.07, 6.45) is 6.14. The second-order valence-corrected chi connectivity index (χ2v) is 6.93. The second-order valence-electron chi connectivity index (χ2n) is 6.93. The van der Waals surface area contributed by atoms with Crippen LogP contribution in [0.3, 0.4) is 0 Å². The van der Waals surface area contributed by atoms with Gasteiger partial charge in [0.1, 0.15) is 0 Å². The minimum Gasteiger partial charge on any atom is -0.353 e. The molecule has 0 bridgehead atoms. The lowest BCUT2D eigenvalue weighted by molar-refractivity contribution is -0.127. The second kappa shape index (κ2) is 12.3. The molecule has 1 unspecified atom stereocenters. The Morgan fingerprint density at radius 3 is 2.09 bits per heavy atom. The summed E-state index contributed by atoms with van der Waals surface area (Å²) in [5.41, 5.74) is 5.68. The molecule has 0 aromatic carbocycles. The van der Waals surface area contributed by atoms with Crippen molar-refractivity contribution >= 4 is 30.7 Å². The number of hydrogen-bond acceptors (Lipinski definition) is 3. The molecule has 0 spiro atoms. The number of halogens is 2. The Kier molecular flexibility index (Phi) is 13.5. The fourth-order valence-corrected chi connectivity index (χ4v) is 3.44. The molecule has 1 fully saturated rings. The lowest BCUT2D eigenvalue weighted by Crippen LogP contribution is -2.57. The third kappa shape index (κ3) is 8.06. The average Bonchev–Trinajstić information content (AvgIpc) is 2.45. The van der Waals surface area contributed by atoms with Crippen molar-refractivity contribution in [2.75, 3.05) is 19.6 Å². The van der Waals surface area contributed by atoms with Gasteiger partial charge in [0.25, 0.3) is 0 Å². The summed E-state index contributed by atoms with van der Waals surface area (Å²) in [5, 5.41) is 3.14. The Hall–Kier alpha value is -0.0300. The smallest absolute Gasteiger partial charge is 0.240 e. The minimum atomic E-state index is -0.621. The van der Waals surface area contributed by atoms with Crippen LogP contribution in [0.4, 0.5) is 0 Å². The first-order valence-electron chi connectivity index (χ1n) is 8.74. The van der Waals surface area contributed by atoms with Crippen LogP contribution in [-0.2, 0) is 4.79 Å². The summed E-state index contributed by atoms with van der Waals surface area (Å²) in [5.74, 6) is 0.692. The number of hydrogen-bond donors (Lipinski definition) is 2. The van der Waals surface area contributed by atoms with Gasteiger partial charge in [-0.15, -0.1) is 24.8 Å². The molecule has 0 radical (unpaired) electrons. The van der Waals surface area contributed by atoms with Crippen molar-refractivity contribution in [1.82, 2.24) is 10.2 Å². The van der Waals surface area contributed by atoms with E-state index in [1.165, 1.54) is 6.42 Å². The van der Waals surface area contributed by atoms with Crippen LogP contribution in [0.1, 0.15) is 66.2 Å². The van der Waals surface area contributed by atoms with Gasteiger partial charge in [-0.05, 0) is 38.3 Å². The van der Waals surface area contributed by atoms with Crippen molar-refractivity contribution in [2.45, 2.75) is 77.8 Å². The molecule has 1 rings (SSSR count). The SMILES string of the molecule is CCN(CC)C(CNC(=O)C1(N)CCCCC1)CC(C)C.Cl.Cl. The summed E-state index contributed by atoms with van der Waals surface area (Å²) >= 11 is 0. The lowest BCUT2D eigenvalue weighted by Gasteiger charge is -2.35. The van der Waals surface area contributed by atoms with Gasteiger partial charge in [0, 0.05) is 12.6 Å². The zero-order valence-corrected chi connectivity index (χ0v) is 16.9. The quantitative estimate of drug-likeness (QED) is 0.689. The van der Waals surface area contributed by atoms with E-state index in [4.69, 9.17) is 5.73 Å². The Balaban J connectivity index is 0. The van der Waals surface area contributed by atoms with E-state index in [1.807, 2.05) is 0 Å². The average molecular weight is 370 g/mol. The lowest BCUT2D eigenvalue weighted by atomic mass is 9.82. The fraction of sp³-hybridized carbons (Fsp3) is 0.941. The van der Waals surface area contributed by atoms with E-state index in [0.29, 0.717) is 12.0 Å².